The van der Waals surface area contributed by atoms with Gasteiger partial charge in [0.1, 0.15) is 0 Å². The first-order valence-electron chi connectivity index (χ1n) is 21.1. The summed E-state index contributed by atoms with van der Waals surface area (Å²) < 4.78 is 0. The number of rotatable bonds is 4. The largest absolute Gasteiger partial charge is 0.308 e. The van der Waals surface area contributed by atoms with Gasteiger partial charge in [-0.2, -0.15) is 0 Å². The van der Waals surface area contributed by atoms with E-state index in [1.807, 2.05) is 23.5 Å². The average Bonchev–Trinajstić information content (AvgIpc) is 3.33. The lowest BCUT2D eigenvalue weighted by Crippen LogP contribution is -2.16. The lowest BCUT2D eigenvalue weighted by atomic mass is 9.83. The van der Waals surface area contributed by atoms with Gasteiger partial charge in [0.25, 0.3) is 0 Å². The summed E-state index contributed by atoms with van der Waals surface area (Å²) in [6.07, 6.45) is 0. The van der Waals surface area contributed by atoms with Crippen LogP contribution in [-0.2, 0) is 0 Å². The molecule has 0 aromatic heterocycles. The molecular formula is C58H36N2S2. The predicted molar refractivity (Wildman–Crippen MR) is 265 cm³/mol. The van der Waals surface area contributed by atoms with Gasteiger partial charge in [0, 0.05) is 30.4 Å². The topological polar surface area (TPSA) is 6.48 Å². The Morgan fingerprint density at radius 2 is 0.581 bits per heavy atom. The molecule has 0 fully saturated rings. The summed E-state index contributed by atoms with van der Waals surface area (Å²) in [5, 5.41) is 9.77. The van der Waals surface area contributed by atoms with Gasteiger partial charge >= 0.3 is 0 Å². The van der Waals surface area contributed by atoms with Crippen LogP contribution in [0.1, 0.15) is 0 Å². The minimum Gasteiger partial charge on any atom is -0.308 e. The van der Waals surface area contributed by atoms with Gasteiger partial charge in [-0.3, -0.25) is 0 Å². The molecule has 4 heteroatoms. The SMILES string of the molecule is c1ccc2c(c1)Sc1ccccc1N2c1cccc2c(-c3ccc4ccccc4c3)c3c(N4c5ccccc5Sc5ccccc54)cccc3c(-c3ccc4ccccc4c3)c12. The van der Waals surface area contributed by atoms with Gasteiger partial charge in [-0.15, -0.1) is 0 Å². The van der Waals surface area contributed by atoms with Crippen molar-refractivity contribution in [2.24, 2.45) is 0 Å². The average molecular weight is 825 g/mol. The van der Waals surface area contributed by atoms with Crippen molar-refractivity contribution in [2.75, 3.05) is 9.80 Å². The first-order chi connectivity index (χ1) is 30.8. The van der Waals surface area contributed by atoms with Gasteiger partial charge < -0.3 is 9.80 Å². The van der Waals surface area contributed by atoms with E-state index in [4.69, 9.17) is 0 Å². The Bertz CT molecular complexity index is 3300. The Hall–Kier alpha value is -7.24. The second-order valence-corrected chi connectivity index (χ2v) is 18.2. The molecule has 0 bridgehead atoms. The van der Waals surface area contributed by atoms with Crippen LogP contribution in [0.25, 0.3) is 65.3 Å². The number of hydrogen-bond donors (Lipinski definition) is 0. The highest BCUT2D eigenvalue weighted by Gasteiger charge is 2.31. The van der Waals surface area contributed by atoms with Gasteiger partial charge in [0.15, 0.2) is 0 Å². The molecule has 0 radical (unpaired) electrons. The predicted octanol–water partition coefficient (Wildman–Crippen LogP) is 17.5. The molecule has 0 atom stereocenters. The summed E-state index contributed by atoms with van der Waals surface area (Å²) in [4.78, 5) is 10.0. The van der Waals surface area contributed by atoms with Gasteiger partial charge in [0.2, 0.25) is 0 Å². The molecule has 13 rings (SSSR count). The number of anilines is 6. The monoisotopic (exact) mass is 824 g/mol. The highest BCUT2D eigenvalue weighted by molar-refractivity contribution is 8.00. The molecular weight excluding hydrogens is 789 g/mol. The van der Waals surface area contributed by atoms with Crippen LogP contribution in [0.4, 0.5) is 34.1 Å². The zero-order valence-corrected chi connectivity index (χ0v) is 35.1. The van der Waals surface area contributed by atoms with Crippen LogP contribution in [0, 0.1) is 0 Å². The smallest absolute Gasteiger partial charge is 0.0601 e. The highest BCUT2D eigenvalue weighted by atomic mass is 32.2. The van der Waals surface area contributed by atoms with Crippen molar-refractivity contribution >= 4 is 101 Å². The summed E-state index contributed by atoms with van der Waals surface area (Å²) in [7, 11) is 0. The molecule has 2 heterocycles. The van der Waals surface area contributed by atoms with Crippen LogP contribution >= 0.6 is 23.5 Å². The van der Waals surface area contributed by atoms with E-state index in [1.165, 1.54) is 108 Å². The van der Waals surface area contributed by atoms with Crippen molar-refractivity contribution in [1.29, 1.82) is 0 Å². The first-order valence-corrected chi connectivity index (χ1v) is 22.7. The molecule has 290 valence electrons. The molecule has 0 aliphatic carbocycles. The fourth-order valence-corrected chi connectivity index (χ4v) is 12.0. The van der Waals surface area contributed by atoms with E-state index in [0.29, 0.717) is 0 Å². The lowest BCUT2D eigenvalue weighted by Gasteiger charge is -2.36. The van der Waals surface area contributed by atoms with E-state index in [0.717, 1.165) is 11.4 Å². The maximum Gasteiger partial charge on any atom is 0.0601 e. The van der Waals surface area contributed by atoms with Crippen LogP contribution in [0.15, 0.2) is 238 Å². The summed E-state index contributed by atoms with van der Waals surface area (Å²) in [6.45, 7) is 0. The normalized spacial score (nSPS) is 13.0. The number of hydrogen-bond acceptors (Lipinski definition) is 4. The van der Waals surface area contributed by atoms with E-state index >= 15 is 0 Å². The summed E-state index contributed by atoms with van der Waals surface area (Å²) in [6, 6.07) is 81.0. The van der Waals surface area contributed by atoms with E-state index in [9.17, 15) is 0 Å². The number of para-hydroxylation sites is 4. The summed E-state index contributed by atoms with van der Waals surface area (Å²) >= 11 is 3.70. The van der Waals surface area contributed by atoms with Gasteiger partial charge in [-0.25, -0.2) is 0 Å². The Balaban J connectivity index is 1.24. The molecule has 0 N–H and O–H groups in total. The fourth-order valence-electron chi connectivity index (χ4n) is 9.88. The zero-order valence-electron chi connectivity index (χ0n) is 33.5. The molecule has 2 aliphatic rings. The highest BCUT2D eigenvalue weighted by Crippen LogP contribution is 2.58. The van der Waals surface area contributed by atoms with Gasteiger partial charge in [0.05, 0.1) is 34.1 Å². The summed E-state index contributed by atoms with van der Waals surface area (Å²) in [5.74, 6) is 0. The Kier molecular flexibility index (Phi) is 8.12. The fraction of sp³-hybridized carbons (Fsp3) is 0. The Labute approximate surface area is 368 Å². The molecule has 11 aromatic carbocycles. The minimum absolute atomic E-state index is 1.16. The van der Waals surface area contributed by atoms with Gasteiger partial charge in [-0.05, 0) is 127 Å². The third kappa shape index (κ3) is 5.47. The standard InChI is InChI=1S/C58H36N2S2/c1-3-17-39-35-41(33-31-37(39)15-1)55-43-19-13-26-50(60-47-23-7-11-29-53(47)62-54-30-12-8-24-48(54)60)58(43)56(42-34-32-38-16-2-4-18-40(38)36-42)44-20-14-25-49(57(44)55)59-45-21-5-9-27-51(45)61-52-28-10-6-22-46(52)59/h1-36H. The number of fused-ring (bicyclic) bond motifs is 8. The van der Waals surface area contributed by atoms with Crippen molar-refractivity contribution in [1.82, 2.24) is 0 Å². The molecule has 0 spiro atoms. The van der Waals surface area contributed by atoms with E-state index in [1.54, 1.807) is 0 Å². The molecule has 0 saturated carbocycles. The molecule has 0 saturated heterocycles. The molecule has 11 aromatic rings. The van der Waals surface area contributed by atoms with Gasteiger partial charge in [-0.1, -0.05) is 169 Å². The van der Waals surface area contributed by atoms with Crippen molar-refractivity contribution in [3.05, 3.63) is 218 Å². The van der Waals surface area contributed by atoms with Crippen molar-refractivity contribution in [3.63, 3.8) is 0 Å². The molecule has 62 heavy (non-hydrogen) atoms. The van der Waals surface area contributed by atoms with Crippen molar-refractivity contribution in [2.45, 2.75) is 19.6 Å². The first kappa shape index (κ1) is 35.5. The third-order valence-electron chi connectivity index (χ3n) is 12.5. The Morgan fingerprint density at radius 3 is 0.968 bits per heavy atom. The second kappa shape index (κ2) is 14.2. The minimum atomic E-state index is 1.16. The summed E-state index contributed by atoms with van der Waals surface area (Å²) in [5.41, 5.74) is 11.9. The Morgan fingerprint density at radius 1 is 0.258 bits per heavy atom. The number of nitrogens with zero attached hydrogens (tertiary/aromatic N) is 2. The van der Waals surface area contributed by atoms with Crippen LogP contribution in [0.5, 0.6) is 0 Å². The zero-order chi connectivity index (χ0) is 40.7. The third-order valence-corrected chi connectivity index (χ3v) is 14.8. The van der Waals surface area contributed by atoms with Crippen molar-refractivity contribution < 1.29 is 0 Å². The lowest BCUT2D eigenvalue weighted by molar-refractivity contribution is 1.17. The van der Waals surface area contributed by atoms with Crippen molar-refractivity contribution in [3.8, 4) is 22.3 Å². The molecule has 2 aliphatic heterocycles. The van der Waals surface area contributed by atoms with Crippen LogP contribution in [-0.4, -0.2) is 0 Å². The molecule has 0 amide bonds. The molecule has 2 nitrogen and oxygen atoms in total. The van der Waals surface area contributed by atoms with Crippen LogP contribution < -0.4 is 9.80 Å². The van der Waals surface area contributed by atoms with E-state index in [-0.39, 0.29) is 0 Å². The maximum absolute atomic E-state index is 2.52. The van der Waals surface area contributed by atoms with Crippen LogP contribution in [0.3, 0.4) is 0 Å². The number of benzene rings is 11. The quantitative estimate of drug-likeness (QED) is 0.163. The van der Waals surface area contributed by atoms with E-state index in [2.05, 4.69) is 228 Å². The maximum atomic E-state index is 2.52. The second-order valence-electron chi connectivity index (χ2n) is 16.0. The van der Waals surface area contributed by atoms with E-state index < -0.39 is 0 Å². The molecule has 0 unspecified atom stereocenters. The van der Waals surface area contributed by atoms with Crippen LogP contribution in [0.2, 0.25) is 0 Å².